The molecule has 0 saturated carbocycles. The van der Waals surface area contributed by atoms with E-state index in [2.05, 4.69) is 14.0 Å². The molecule has 2 rings (SSSR count). The summed E-state index contributed by atoms with van der Waals surface area (Å²) < 4.78 is 13.3. The summed E-state index contributed by atoms with van der Waals surface area (Å²) >= 11 is 0. The second kappa shape index (κ2) is 11.6. The van der Waals surface area contributed by atoms with E-state index in [0.29, 0.717) is 0 Å². The molecule has 2 heterocycles. The summed E-state index contributed by atoms with van der Waals surface area (Å²) in [7, 11) is -0.826. The molecule has 0 amide bonds. The molecule has 2 aliphatic heterocycles. The van der Waals surface area contributed by atoms with Gasteiger partial charge in [-0.05, 0) is 0 Å². The van der Waals surface area contributed by atoms with Crippen LogP contribution in [0.25, 0.3) is 0 Å². The molecule has 0 aromatic carbocycles. The van der Waals surface area contributed by atoms with Crippen molar-refractivity contribution in [3.8, 4) is 0 Å². The maximum Gasteiger partial charge on any atom is 1.00 e. The molecule has 0 aromatic heterocycles. The fourth-order valence-electron chi connectivity index (χ4n) is 3.21. The average Bonchev–Trinajstić information content (AvgIpc) is 2.37. The fourth-order valence-corrected chi connectivity index (χ4v) is 3.21. The quantitative estimate of drug-likeness (QED) is 0.606. The summed E-state index contributed by atoms with van der Waals surface area (Å²) in [6, 6.07) is 0. The Hall–Kier alpha value is -0.863. The molecule has 0 N–H and O–H groups in total. The van der Waals surface area contributed by atoms with Crippen LogP contribution in [0.5, 0.6) is 0 Å². The maximum absolute atomic E-state index is 10.4. The third-order valence-corrected chi connectivity index (χ3v) is 4.08. The Morgan fingerprint density at radius 2 is 1.09 bits per heavy atom. The zero-order valence-corrected chi connectivity index (χ0v) is 14.8. The van der Waals surface area contributed by atoms with Gasteiger partial charge in [0.15, 0.2) is 0 Å². The molecular formula is C14H25B2LiO6. The first-order valence-corrected chi connectivity index (χ1v) is 8.04. The molecule has 0 aromatic rings. The molecule has 2 fully saturated rings. The average molecular weight is 318 g/mol. The van der Waals surface area contributed by atoms with Gasteiger partial charge in [-0.1, -0.05) is 50.2 Å². The summed E-state index contributed by atoms with van der Waals surface area (Å²) in [6.07, 6.45) is 9.28. The van der Waals surface area contributed by atoms with Crippen LogP contribution in [-0.4, -0.2) is 32.5 Å². The van der Waals surface area contributed by atoms with E-state index in [9.17, 15) is 14.4 Å². The minimum absolute atomic E-state index is 0. The van der Waals surface area contributed by atoms with Gasteiger partial charge in [-0.25, -0.2) is 0 Å². The van der Waals surface area contributed by atoms with Gasteiger partial charge in [0, 0.05) is 20.8 Å². The van der Waals surface area contributed by atoms with Crippen LogP contribution in [0.1, 0.15) is 59.3 Å². The summed E-state index contributed by atoms with van der Waals surface area (Å²) in [5, 5.41) is 0. The van der Waals surface area contributed by atoms with Gasteiger partial charge >= 0.3 is 26.2 Å². The molecule has 0 unspecified atom stereocenters. The molecule has 23 heavy (non-hydrogen) atoms. The number of fused-ring (bicyclic) bond motifs is 2. The normalized spacial score (nSPS) is 21.6. The van der Waals surface area contributed by atoms with Crippen LogP contribution in [0.4, 0.5) is 0 Å². The first kappa shape index (κ1) is 22.1. The van der Waals surface area contributed by atoms with E-state index in [0.717, 1.165) is 32.4 Å². The Balaban J connectivity index is 0.000000421. The molecule has 0 spiro atoms. The topological polar surface area (TPSA) is 78.9 Å². The standard InChI is InChI=1S/C8H15B.C6H10BO6.Li/c1-3-7-5-2-6-8(4-1)9-7;1-4(8)11-7(12-5(2)9)13-6(3)10;/h7-9H,1-6H2;7H,1-3H3;/q;-1;+1. The van der Waals surface area contributed by atoms with Gasteiger partial charge in [-0.2, -0.15) is 0 Å². The van der Waals surface area contributed by atoms with E-state index < -0.39 is 25.2 Å². The maximum atomic E-state index is 10.4. The summed E-state index contributed by atoms with van der Waals surface area (Å²) in [5.74, 6) is 0.266. The van der Waals surface area contributed by atoms with E-state index in [-0.39, 0.29) is 18.9 Å². The van der Waals surface area contributed by atoms with Crippen LogP contribution in [0.3, 0.4) is 0 Å². The molecule has 0 aliphatic carbocycles. The molecule has 124 valence electrons. The van der Waals surface area contributed by atoms with E-state index >= 15 is 0 Å². The third-order valence-electron chi connectivity index (χ3n) is 4.08. The van der Waals surface area contributed by atoms with Crippen LogP contribution in [0.15, 0.2) is 0 Å². The Kier molecular flexibility index (Phi) is 11.2. The van der Waals surface area contributed by atoms with Crippen LogP contribution in [0, 0.1) is 0 Å². The Morgan fingerprint density at radius 3 is 1.30 bits per heavy atom. The SMILES string of the molecule is B1C2CCCC1CCC2.CC(=O)O[BH-](OC(C)=O)OC(C)=O.[Li+]. The molecule has 2 saturated heterocycles. The van der Waals surface area contributed by atoms with Crippen molar-refractivity contribution < 1.29 is 47.2 Å². The van der Waals surface area contributed by atoms with Crippen molar-refractivity contribution in [3.63, 3.8) is 0 Å². The van der Waals surface area contributed by atoms with E-state index in [1.54, 1.807) is 33.0 Å². The van der Waals surface area contributed by atoms with Gasteiger partial charge < -0.3 is 14.0 Å². The summed E-state index contributed by atoms with van der Waals surface area (Å²) in [4.78, 5) is 31.3. The fraction of sp³-hybridized carbons (Fsp3) is 0.786. The van der Waals surface area contributed by atoms with Crippen molar-refractivity contribution >= 4 is 32.5 Å². The smallest absolute Gasteiger partial charge is 0.625 e. The monoisotopic (exact) mass is 318 g/mol. The van der Waals surface area contributed by atoms with Crippen molar-refractivity contribution in [3.05, 3.63) is 0 Å². The van der Waals surface area contributed by atoms with E-state index in [1.165, 1.54) is 12.8 Å². The first-order valence-electron chi connectivity index (χ1n) is 8.04. The molecular weight excluding hydrogens is 293 g/mol. The summed E-state index contributed by atoms with van der Waals surface area (Å²) in [5.41, 5.74) is 0. The Morgan fingerprint density at radius 1 is 0.783 bits per heavy atom. The van der Waals surface area contributed by atoms with Crippen LogP contribution >= 0.6 is 0 Å². The predicted molar refractivity (Wildman–Crippen MR) is 84.8 cm³/mol. The van der Waals surface area contributed by atoms with Gasteiger partial charge in [0.05, 0.1) is 0 Å². The van der Waals surface area contributed by atoms with Gasteiger partial charge in [0.2, 0.25) is 0 Å². The number of carbonyl (C=O) groups excluding carboxylic acids is 3. The van der Waals surface area contributed by atoms with Crippen LogP contribution in [-0.2, 0) is 28.3 Å². The third kappa shape index (κ3) is 10.5. The predicted octanol–water partition coefficient (Wildman–Crippen LogP) is -1.24. The van der Waals surface area contributed by atoms with Crippen LogP contribution in [0.2, 0.25) is 11.6 Å². The second-order valence-electron chi connectivity index (χ2n) is 6.09. The minimum Gasteiger partial charge on any atom is -0.625 e. The Labute approximate surface area is 151 Å². The van der Waals surface area contributed by atoms with Crippen molar-refractivity contribution in [1.82, 2.24) is 0 Å². The van der Waals surface area contributed by atoms with E-state index in [4.69, 9.17) is 0 Å². The van der Waals surface area contributed by atoms with Gasteiger partial charge in [0.1, 0.15) is 7.28 Å². The second-order valence-corrected chi connectivity index (χ2v) is 6.09. The van der Waals surface area contributed by atoms with Crippen molar-refractivity contribution in [2.24, 2.45) is 0 Å². The molecule has 0 atom stereocenters. The number of rotatable bonds is 3. The van der Waals surface area contributed by atoms with Crippen molar-refractivity contribution in [2.45, 2.75) is 70.9 Å². The number of hydrogen-bond donors (Lipinski definition) is 0. The van der Waals surface area contributed by atoms with Crippen molar-refractivity contribution in [2.75, 3.05) is 0 Å². The van der Waals surface area contributed by atoms with Gasteiger partial charge in [-0.3, -0.25) is 14.4 Å². The van der Waals surface area contributed by atoms with Gasteiger partial charge in [0.25, 0.3) is 17.9 Å². The van der Waals surface area contributed by atoms with Crippen molar-refractivity contribution in [1.29, 1.82) is 0 Å². The van der Waals surface area contributed by atoms with Gasteiger partial charge in [-0.15, -0.1) is 0 Å². The molecule has 2 aliphatic rings. The minimum atomic E-state index is -2.41. The van der Waals surface area contributed by atoms with Crippen LogP contribution < -0.4 is 18.9 Å². The molecule has 6 nitrogen and oxygen atoms in total. The number of carbonyl (C=O) groups is 3. The Bertz CT molecular complexity index is 349. The summed E-state index contributed by atoms with van der Waals surface area (Å²) in [6.45, 7) is 3.35. The first-order chi connectivity index (χ1) is 10.4. The molecule has 2 bridgehead atoms. The largest absolute Gasteiger partial charge is 1.00 e. The zero-order valence-electron chi connectivity index (χ0n) is 14.8. The van der Waals surface area contributed by atoms with E-state index in [1.807, 2.05) is 0 Å². The molecule has 0 radical (unpaired) electrons. The zero-order chi connectivity index (χ0) is 16.5. The molecule has 9 heteroatoms. The number of hydrogen-bond acceptors (Lipinski definition) is 6.